The minimum Gasteiger partial charge on any atom is -0.252 e. The summed E-state index contributed by atoms with van der Waals surface area (Å²) < 4.78 is 22.5. The molecule has 0 amide bonds. The Labute approximate surface area is 73.0 Å². The second-order valence-corrected chi connectivity index (χ2v) is 5.83. The summed E-state index contributed by atoms with van der Waals surface area (Å²) in [4.78, 5) is 0. The van der Waals surface area contributed by atoms with Crippen molar-refractivity contribution in [2.75, 3.05) is 12.5 Å². The lowest BCUT2D eigenvalue weighted by Gasteiger charge is -1.81. The maximum atomic E-state index is 10.8. The van der Waals surface area contributed by atoms with Crippen LogP contribution in [0.1, 0.15) is 0 Å². The normalized spacial score (nSPS) is 16.2. The van der Waals surface area contributed by atoms with Crippen molar-refractivity contribution in [1.29, 1.82) is 0 Å². The Morgan fingerprint density at radius 2 is 1.45 bits per heavy atom. The average Bonchev–Trinajstić information content (AvgIpc) is 2.33. The molecule has 0 aliphatic rings. The Morgan fingerprint density at radius 3 is 1.64 bits per heavy atom. The number of aromatic nitrogens is 2. The fourth-order valence-electron chi connectivity index (χ4n) is 0.430. The van der Waals surface area contributed by atoms with E-state index in [0.717, 1.165) is 11.3 Å². The van der Waals surface area contributed by atoms with Crippen molar-refractivity contribution in [3.8, 4) is 0 Å². The molecule has 0 aromatic carbocycles. The summed E-state index contributed by atoms with van der Waals surface area (Å²) in [5, 5.41) is 7.22. The Kier molecular flexibility index (Phi) is 2.85. The van der Waals surface area contributed by atoms with E-state index < -0.39 is 21.6 Å². The van der Waals surface area contributed by atoms with Crippen LogP contribution in [0, 0.1) is 0 Å². The quantitative estimate of drug-likeness (QED) is 0.690. The van der Waals surface area contributed by atoms with Crippen LogP contribution in [0.4, 0.5) is 0 Å². The summed E-state index contributed by atoms with van der Waals surface area (Å²) in [6.07, 6.45) is 3.03. The lowest BCUT2D eigenvalue weighted by atomic mass is 11.5. The first-order valence-corrected chi connectivity index (χ1v) is 6.55. The van der Waals surface area contributed by atoms with Crippen molar-refractivity contribution in [2.24, 2.45) is 0 Å². The third-order valence-electron chi connectivity index (χ3n) is 0.880. The van der Waals surface area contributed by atoms with Crippen molar-refractivity contribution in [1.82, 2.24) is 10.2 Å². The summed E-state index contributed by atoms with van der Waals surface area (Å²) in [5.74, 6) is 0. The van der Waals surface area contributed by atoms with E-state index in [2.05, 4.69) is 10.2 Å². The predicted molar refractivity (Wildman–Crippen MR) is 44.6 cm³/mol. The highest BCUT2D eigenvalue weighted by molar-refractivity contribution is 7.89. The van der Waals surface area contributed by atoms with Crippen LogP contribution >= 0.6 is 11.3 Å². The zero-order valence-electron chi connectivity index (χ0n) is 5.94. The van der Waals surface area contributed by atoms with E-state index in [-0.39, 0.29) is 0 Å². The minimum absolute atomic E-state index is 0.426. The molecule has 0 aliphatic carbocycles. The van der Waals surface area contributed by atoms with Gasteiger partial charge in [0.2, 0.25) is 8.68 Å². The molecule has 11 heavy (non-hydrogen) atoms. The molecular weight excluding hydrogens is 204 g/mol. The summed E-state index contributed by atoms with van der Waals surface area (Å²) in [6.45, 7) is 0. The monoisotopic (exact) mass is 210 g/mol. The molecule has 1 rings (SSSR count). The fraction of sp³-hybridized carbons (Fsp3) is 0.500. The standard InChI is InChI=1S/C4H6N2O2S3/c1-10(7)3-5-6-4(9-3)11(2)8/h1-2H3. The second-order valence-electron chi connectivity index (χ2n) is 1.74. The first-order valence-electron chi connectivity index (χ1n) is 2.61. The van der Waals surface area contributed by atoms with Crippen LogP contribution in [0.2, 0.25) is 0 Å². The molecule has 0 bridgehead atoms. The van der Waals surface area contributed by atoms with Crippen LogP contribution in [0.15, 0.2) is 8.68 Å². The van der Waals surface area contributed by atoms with Crippen LogP contribution in [0.5, 0.6) is 0 Å². The van der Waals surface area contributed by atoms with E-state index >= 15 is 0 Å². The molecule has 4 nitrogen and oxygen atoms in total. The van der Waals surface area contributed by atoms with Crippen molar-refractivity contribution in [2.45, 2.75) is 8.68 Å². The average molecular weight is 210 g/mol. The minimum atomic E-state index is -1.11. The Hall–Kier alpha value is -0.140. The van der Waals surface area contributed by atoms with Gasteiger partial charge in [-0.05, 0) is 0 Å². The van der Waals surface area contributed by atoms with Gasteiger partial charge in [-0.25, -0.2) is 0 Å². The van der Waals surface area contributed by atoms with E-state index in [0.29, 0.717) is 8.68 Å². The molecule has 0 aliphatic heterocycles. The molecule has 2 atom stereocenters. The van der Waals surface area contributed by atoms with Gasteiger partial charge in [-0.15, -0.1) is 10.2 Å². The largest absolute Gasteiger partial charge is 0.252 e. The Morgan fingerprint density at radius 1 is 1.09 bits per heavy atom. The van der Waals surface area contributed by atoms with Gasteiger partial charge in [-0.1, -0.05) is 11.3 Å². The van der Waals surface area contributed by atoms with E-state index in [1.54, 1.807) is 0 Å². The molecule has 0 radical (unpaired) electrons. The third-order valence-corrected chi connectivity index (χ3v) is 4.45. The van der Waals surface area contributed by atoms with Crippen molar-refractivity contribution >= 4 is 32.9 Å². The molecule has 1 heterocycles. The highest BCUT2D eigenvalue weighted by Crippen LogP contribution is 2.14. The molecule has 2 unspecified atom stereocenters. The van der Waals surface area contributed by atoms with Gasteiger partial charge in [0, 0.05) is 12.5 Å². The molecule has 7 heteroatoms. The molecule has 1 aromatic heterocycles. The van der Waals surface area contributed by atoms with E-state index in [1.165, 1.54) is 12.5 Å². The first-order chi connectivity index (χ1) is 5.11. The number of nitrogens with zero attached hydrogens (tertiary/aromatic N) is 2. The maximum absolute atomic E-state index is 10.8. The molecule has 0 saturated heterocycles. The summed E-state index contributed by atoms with van der Waals surface area (Å²) in [7, 11) is -2.23. The SMILES string of the molecule is CS(=O)c1nnc(S(C)=O)s1. The molecule has 0 N–H and O–H groups in total. The van der Waals surface area contributed by atoms with Crippen LogP contribution in [0.25, 0.3) is 0 Å². The Balaban J connectivity index is 2.99. The van der Waals surface area contributed by atoms with Crippen LogP contribution in [-0.4, -0.2) is 31.1 Å². The summed E-state index contributed by atoms with van der Waals surface area (Å²) in [5.41, 5.74) is 0. The van der Waals surface area contributed by atoms with Gasteiger partial charge in [-0.3, -0.25) is 8.42 Å². The molecule has 1 aromatic rings. The smallest absolute Gasteiger partial charge is 0.205 e. The molecular formula is C4H6N2O2S3. The topological polar surface area (TPSA) is 59.9 Å². The lowest BCUT2D eigenvalue weighted by molar-refractivity contribution is 0.681. The molecule has 0 saturated carbocycles. The molecule has 0 spiro atoms. The number of hydrogen-bond donors (Lipinski definition) is 0. The van der Waals surface area contributed by atoms with Gasteiger partial charge in [0.1, 0.15) is 0 Å². The van der Waals surface area contributed by atoms with Crippen LogP contribution < -0.4 is 0 Å². The lowest BCUT2D eigenvalue weighted by Crippen LogP contribution is -1.85. The van der Waals surface area contributed by atoms with Crippen LogP contribution in [-0.2, 0) is 21.6 Å². The van der Waals surface area contributed by atoms with Crippen LogP contribution in [0.3, 0.4) is 0 Å². The van der Waals surface area contributed by atoms with Gasteiger partial charge in [-0.2, -0.15) is 0 Å². The summed E-state index contributed by atoms with van der Waals surface area (Å²) >= 11 is 1.13. The second kappa shape index (κ2) is 3.51. The van der Waals surface area contributed by atoms with E-state index in [1.807, 2.05) is 0 Å². The number of rotatable bonds is 2. The van der Waals surface area contributed by atoms with Gasteiger partial charge in [0.25, 0.3) is 0 Å². The van der Waals surface area contributed by atoms with Gasteiger partial charge in [0.05, 0.1) is 21.6 Å². The van der Waals surface area contributed by atoms with Gasteiger partial charge < -0.3 is 0 Å². The zero-order chi connectivity index (χ0) is 8.43. The predicted octanol–water partition coefficient (Wildman–Crippen LogP) is 0.0129. The summed E-state index contributed by atoms with van der Waals surface area (Å²) in [6, 6.07) is 0. The zero-order valence-corrected chi connectivity index (χ0v) is 8.39. The Bertz CT molecular complexity index is 280. The maximum Gasteiger partial charge on any atom is 0.205 e. The van der Waals surface area contributed by atoms with Gasteiger partial charge >= 0.3 is 0 Å². The van der Waals surface area contributed by atoms with E-state index in [9.17, 15) is 8.42 Å². The number of hydrogen-bond acceptors (Lipinski definition) is 5. The van der Waals surface area contributed by atoms with Crippen molar-refractivity contribution in [3.63, 3.8) is 0 Å². The fourth-order valence-corrected chi connectivity index (χ4v) is 2.62. The van der Waals surface area contributed by atoms with E-state index in [4.69, 9.17) is 0 Å². The molecule has 62 valence electrons. The first kappa shape index (κ1) is 8.95. The highest BCUT2D eigenvalue weighted by Gasteiger charge is 2.08. The molecule has 0 fully saturated rings. The van der Waals surface area contributed by atoms with Gasteiger partial charge in [0.15, 0.2) is 0 Å². The van der Waals surface area contributed by atoms with Crippen molar-refractivity contribution < 1.29 is 8.42 Å². The highest BCUT2D eigenvalue weighted by atomic mass is 32.2. The third kappa shape index (κ3) is 2.14. The van der Waals surface area contributed by atoms with Crippen molar-refractivity contribution in [3.05, 3.63) is 0 Å².